The minimum atomic E-state index is -0.886. The van der Waals surface area contributed by atoms with Gasteiger partial charge in [-0.05, 0) is 36.8 Å². The van der Waals surface area contributed by atoms with Gasteiger partial charge in [0.2, 0.25) is 0 Å². The summed E-state index contributed by atoms with van der Waals surface area (Å²) in [6, 6.07) is 5.56. The molecule has 2 heterocycles. The number of thioether (sulfide) groups is 1. The molecule has 1 aliphatic heterocycles. The standard InChI is InChI=1S/C13H14N2O2S/c16-13(17)9-3-4-11-12(6-9)15(8-14-11)10-2-1-5-18-7-10/h3-4,6,8,10H,1-2,5,7H2,(H,16,17). The van der Waals surface area contributed by atoms with Gasteiger partial charge in [0, 0.05) is 11.8 Å². The molecule has 1 N–H and O–H groups in total. The van der Waals surface area contributed by atoms with E-state index in [1.54, 1.807) is 18.2 Å². The Morgan fingerprint density at radius 3 is 3.11 bits per heavy atom. The normalized spacial score (nSPS) is 20.1. The van der Waals surface area contributed by atoms with Crippen LogP contribution in [0.15, 0.2) is 24.5 Å². The van der Waals surface area contributed by atoms with Crippen LogP contribution in [0.1, 0.15) is 29.2 Å². The van der Waals surface area contributed by atoms with Crippen molar-refractivity contribution in [2.45, 2.75) is 18.9 Å². The second kappa shape index (κ2) is 4.65. The van der Waals surface area contributed by atoms with E-state index in [1.807, 2.05) is 18.1 Å². The number of carboxylic acid groups (broad SMARTS) is 1. The molecule has 1 atom stereocenters. The van der Waals surface area contributed by atoms with Crippen molar-refractivity contribution in [2.75, 3.05) is 11.5 Å². The Kier molecular flexibility index (Phi) is 2.99. The lowest BCUT2D eigenvalue weighted by atomic mass is 10.1. The van der Waals surface area contributed by atoms with Crippen molar-refractivity contribution in [3.05, 3.63) is 30.1 Å². The highest BCUT2D eigenvalue weighted by molar-refractivity contribution is 7.99. The zero-order valence-corrected chi connectivity index (χ0v) is 10.7. The number of aromatic carboxylic acids is 1. The summed E-state index contributed by atoms with van der Waals surface area (Å²) in [5.74, 6) is 1.43. The lowest BCUT2D eigenvalue weighted by molar-refractivity contribution is 0.0697. The van der Waals surface area contributed by atoms with E-state index >= 15 is 0 Å². The molecule has 2 aromatic rings. The average molecular weight is 262 g/mol. The van der Waals surface area contributed by atoms with Crippen LogP contribution < -0.4 is 0 Å². The molecular weight excluding hydrogens is 248 g/mol. The van der Waals surface area contributed by atoms with Crippen molar-refractivity contribution in [1.29, 1.82) is 0 Å². The van der Waals surface area contributed by atoms with Crippen molar-refractivity contribution in [1.82, 2.24) is 9.55 Å². The molecule has 1 aromatic heterocycles. The van der Waals surface area contributed by atoms with E-state index in [1.165, 1.54) is 12.2 Å². The number of aromatic nitrogens is 2. The zero-order valence-electron chi connectivity index (χ0n) is 9.87. The van der Waals surface area contributed by atoms with Crippen LogP contribution in [0.4, 0.5) is 0 Å². The Labute approximate surface area is 109 Å². The number of benzene rings is 1. The molecule has 18 heavy (non-hydrogen) atoms. The zero-order chi connectivity index (χ0) is 12.5. The summed E-state index contributed by atoms with van der Waals surface area (Å²) in [6.07, 6.45) is 4.20. The molecule has 94 valence electrons. The molecule has 3 rings (SSSR count). The summed E-state index contributed by atoms with van der Waals surface area (Å²) in [6.45, 7) is 0. The van der Waals surface area contributed by atoms with Gasteiger partial charge in [0.25, 0.3) is 0 Å². The minimum absolute atomic E-state index is 0.327. The first-order valence-corrected chi connectivity index (χ1v) is 7.19. The minimum Gasteiger partial charge on any atom is -0.478 e. The lowest BCUT2D eigenvalue weighted by Crippen LogP contribution is -2.15. The molecule has 0 saturated carbocycles. The van der Waals surface area contributed by atoms with Crippen LogP contribution in [0, 0.1) is 0 Å². The van der Waals surface area contributed by atoms with Crippen molar-refractivity contribution >= 4 is 28.8 Å². The molecule has 1 aromatic carbocycles. The Morgan fingerprint density at radius 1 is 1.50 bits per heavy atom. The van der Waals surface area contributed by atoms with Crippen molar-refractivity contribution in [2.24, 2.45) is 0 Å². The molecular formula is C13H14N2O2S. The number of hydrogen-bond donors (Lipinski definition) is 1. The molecule has 4 nitrogen and oxygen atoms in total. The van der Waals surface area contributed by atoms with Gasteiger partial charge in [-0.15, -0.1) is 0 Å². The van der Waals surface area contributed by atoms with Gasteiger partial charge in [-0.2, -0.15) is 11.8 Å². The van der Waals surface area contributed by atoms with Crippen LogP contribution in [0.25, 0.3) is 11.0 Å². The third kappa shape index (κ3) is 1.99. The van der Waals surface area contributed by atoms with E-state index in [9.17, 15) is 4.79 Å². The van der Waals surface area contributed by atoms with E-state index < -0.39 is 5.97 Å². The van der Waals surface area contributed by atoms with E-state index in [4.69, 9.17) is 5.11 Å². The molecule has 0 spiro atoms. The fourth-order valence-electron chi connectivity index (χ4n) is 2.39. The Balaban J connectivity index is 2.05. The van der Waals surface area contributed by atoms with Crippen LogP contribution in [0.3, 0.4) is 0 Å². The largest absolute Gasteiger partial charge is 0.478 e. The molecule has 0 amide bonds. The molecule has 0 aliphatic carbocycles. The third-order valence-corrected chi connectivity index (χ3v) is 4.55. The van der Waals surface area contributed by atoms with Crippen molar-refractivity contribution < 1.29 is 9.90 Å². The summed E-state index contributed by atoms with van der Waals surface area (Å²) in [7, 11) is 0. The Morgan fingerprint density at radius 2 is 2.39 bits per heavy atom. The second-order valence-electron chi connectivity index (χ2n) is 4.53. The Hall–Kier alpha value is -1.49. The smallest absolute Gasteiger partial charge is 0.335 e. The lowest BCUT2D eigenvalue weighted by Gasteiger charge is -2.23. The van der Waals surface area contributed by atoms with E-state index in [2.05, 4.69) is 9.55 Å². The first kappa shape index (κ1) is 11.6. The van der Waals surface area contributed by atoms with Gasteiger partial charge in [0.1, 0.15) is 0 Å². The molecule has 0 radical (unpaired) electrons. The number of fused-ring (bicyclic) bond motifs is 1. The summed E-state index contributed by atoms with van der Waals surface area (Å²) in [5, 5.41) is 9.05. The van der Waals surface area contributed by atoms with Crippen LogP contribution in [0.2, 0.25) is 0 Å². The van der Waals surface area contributed by atoms with Gasteiger partial charge in [-0.25, -0.2) is 9.78 Å². The molecule has 1 aliphatic rings. The maximum Gasteiger partial charge on any atom is 0.335 e. The van der Waals surface area contributed by atoms with Crippen LogP contribution in [-0.4, -0.2) is 32.1 Å². The maximum absolute atomic E-state index is 11.0. The summed E-state index contributed by atoms with van der Waals surface area (Å²) in [4.78, 5) is 15.4. The summed E-state index contributed by atoms with van der Waals surface area (Å²) < 4.78 is 2.13. The molecule has 1 saturated heterocycles. The van der Waals surface area contributed by atoms with E-state index in [0.717, 1.165) is 23.2 Å². The third-order valence-electron chi connectivity index (χ3n) is 3.35. The van der Waals surface area contributed by atoms with Gasteiger partial charge < -0.3 is 9.67 Å². The fraction of sp³-hybridized carbons (Fsp3) is 0.385. The van der Waals surface area contributed by atoms with Crippen molar-refractivity contribution in [3.8, 4) is 0 Å². The predicted molar refractivity (Wildman–Crippen MR) is 72.3 cm³/mol. The topological polar surface area (TPSA) is 55.1 Å². The number of hydrogen-bond acceptors (Lipinski definition) is 3. The first-order chi connectivity index (χ1) is 8.75. The van der Waals surface area contributed by atoms with Gasteiger partial charge in [-0.3, -0.25) is 0 Å². The highest BCUT2D eigenvalue weighted by Gasteiger charge is 2.18. The molecule has 1 fully saturated rings. The van der Waals surface area contributed by atoms with Crippen LogP contribution in [0.5, 0.6) is 0 Å². The Bertz CT molecular complexity index is 588. The highest BCUT2D eigenvalue weighted by atomic mass is 32.2. The van der Waals surface area contributed by atoms with Crippen LogP contribution in [-0.2, 0) is 0 Å². The number of carbonyl (C=O) groups is 1. The maximum atomic E-state index is 11.0. The second-order valence-corrected chi connectivity index (χ2v) is 5.68. The van der Waals surface area contributed by atoms with Gasteiger partial charge in [0.15, 0.2) is 0 Å². The molecule has 1 unspecified atom stereocenters. The number of carboxylic acids is 1. The summed E-state index contributed by atoms with van der Waals surface area (Å²) in [5.41, 5.74) is 2.13. The van der Waals surface area contributed by atoms with Gasteiger partial charge in [0.05, 0.1) is 22.9 Å². The average Bonchev–Trinajstić information content (AvgIpc) is 2.82. The van der Waals surface area contributed by atoms with Gasteiger partial charge >= 0.3 is 5.97 Å². The number of rotatable bonds is 2. The fourth-order valence-corrected chi connectivity index (χ4v) is 3.53. The quantitative estimate of drug-likeness (QED) is 0.904. The summed E-state index contributed by atoms with van der Waals surface area (Å²) >= 11 is 1.96. The predicted octanol–water partition coefficient (Wildman–Crippen LogP) is 2.80. The van der Waals surface area contributed by atoms with E-state index in [-0.39, 0.29) is 0 Å². The molecule has 0 bridgehead atoms. The van der Waals surface area contributed by atoms with Gasteiger partial charge in [-0.1, -0.05) is 0 Å². The first-order valence-electron chi connectivity index (χ1n) is 6.03. The van der Waals surface area contributed by atoms with E-state index in [0.29, 0.717) is 11.6 Å². The molecule has 5 heteroatoms. The SMILES string of the molecule is O=C(O)c1ccc2ncn(C3CCCSC3)c2c1. The number of imidazole rings is 1. The number of nitrogens with zero attached hydrogens (tertiary/aromatic N) is 2. The van der Waals surface area contributed by atoms with Crippen molar-refractivity contribution in [3.63, 3.8) is 0 Å². The monoisotopic (exact) mass is 262 g/mol. The highest BCUT2D eigenvalue weighted by Crippen LogP contribution is 2.29. The van der Waals surface area contributed by atoms with Crippen LogP contribution >= 0.6 is 11.8 Å².